The number of methoxy groups -OCH3 is 1. The van der Waals surface area contributed by atoms with Gasteiger partial charge >= 0.3 is 0 Å². The number of nitrogens with zero attached hydrogens (tertiary/aromatic N) is 2. The van der Waals surface area contributed by atoms with Crippen molar-refractivity contribution in [1.82, 2.24) is 9.78 Å². The zero-order chi connectivity index (χ0) is 13.8. The molecule has 0 aliphatic rings. The van der Waals surface area contributed by atoms with Gasteiger partial charge in [-0.25, -0.2) is 0 Å². The molecule has 0 unspecified atom stereocenters. The molecule has 4 nitrogen and oxygen atoms in total. The second-order valence-corrected chi connectivity index (χ2v) is 5.15. The van der Waals surface area contributed by atoms with Gasteiger partial charge in [-0.2, -0.15) is 5.10 Å². The maximum atomic E-state index is 12.0. The molecule has 102 valence electrons. The number of ether oxygens (including phenoxy) is 1. The van der Waals surface area contributed by atoms with Gasteiger partial charge in [0.25, 0.3) is 0 Å². The molecule has 0 radical (unpaired) electrons. The van der Waals surface area contributed by atoms with Crippen LogP contribution in [0.25, 0.3) is 0 Å². The third kappa shape index (κ3) is 3.95. The van der Waals surface area contributed by atoms with Crippen molar-refractivity contribution in [3.63, 3.8) is 0 Å². The SMILES string of the molecule is CCc1cc(CC(=O)CC(C)(C)OC)n(CC)n1. The highest BCUT2D eigenvalue weighted by Crippen LogP contribution is 2.16. The number of hydrogen-bond acceptors (Lipinski definition) is 3. The number of carbonyl (C=O) groups excluding carboxylic acids is 1. The van der Waals surface area contributed by atoms with Crippen LogP contribution in [0.3, 0.4) is 0 Å². The summed E-state index contributed by atoms with van der Waals surface area (Å²) in [5, 5.41) is 4.45. The molecule has 18 heavy (non-hydrogen) atoms. The zero-order valence-corrected chi connectivity index (χ0v) is 12.1. The maximum absolute atomic E-state index is 12.0. The summed E-state index contributed by atoms with van der Waals surface area (Å²) in [5.74, 6) is 0.194. The lowest BCUT2D eigenvalue weighted by atomic mass is 9.99. The molecule has 0 fully saturated rings. The van der Waals surface area contributed by atoms with Gasteiger partial charge in [-0.15, -0.1) is 0 Å². The van der Waals surface area contributed by atoms with Gasteiger partial charge in [0.05, 0.1) is 11.3 Å². The van der Waals surface area contributed by atoms with Gasteiger partial charge in [-0.3, -0.25) is 9.48 Å². The van der Waals surface area contributed by atoms with Crippen molar-refractivity contribution in [2.45, 2.75) is 59.1 Å². The van der Waals surface area contributed by atoms with Crippen molar-refractivity contribution in [3.05, 3.63) is 17.5 Å². The molecule has 0 bridgehead atoms. The monoisotopic (exact) mass is 252 g/mol. The van der Waals surface area contributed by atoms with Gasteiger partial charge in [-0.1, -0.05) is 6.92 Å². The number of aryl methyl sites for hydroxylation is 2. The second-order valence-electron chi connectivity index (χ2n) is 5.15. The van der Waals surface area contributed by atoms with E-state index in [0.29, 0.717) is 12.8 Å². The molecule has 0 amide bonds. The Morgan fingerprint density at radius 2 is 2.11 bits per heavy atom. The van der Waals surface area contributed by atoms with Crippen molar-refractivity contribution in [3.8, 4) is 0 Å². The molecule has 0 N–H and O–H groups in total. The molecular formula is C14H24N2O2. The molecule has 0 spiro atoms. The minimum atomic E-state index is -0.387. The van der Waals surface area contributed by atoms with Crippen LogP contribution in [0.15, 0.2) is 6.07 Å². The lowest BCUT2D eigenvalue weighted by molar-refractivity contribution is -0.123. The number of rotatable bonds is 7. The Labute approximate surface area is 109 Å². The largest absolute Gasteiger partial charge is 0.378 e. The van der Waals surface area contributed by atoms with E-state index >= 15 is 0 Å². The van der Waals surface area contributed by atoms with Crippen LogP contribution in [0.4, 0.5) is 0 Å². The quantitative estimate of drug-likeness (QED) is 0.748. The summed E-state index contributed by atoms with van der Waals surface area (Å²) in [4.78, 5) is 12.0. The fraction of sp³-hybridized carbons (Fsp3) is 0.714. The summed E-state index contributed by atoms with van der Waals surface area (Å²) < 4.78 is 7.20. The predicted molar refractivity (Wildman–Crippen MR) is 71.7 cm³/mol. The molecule has 0 saturated carbocycles. The summed E-state index contributed by atoms with van der Waals surface area (Å²) in [6.07, 6.45) is 1.77. The molecule has 0 atom stereocenters. The smallest absolute Gasteiger partial charge is 0.141 e. The second kappa shape index (κ2) is 6.14. The molecule has 0 aliphatic heterocycles. The van der Waals surface area contributed by atoms with Crippen molar-refractivity contribution in [1.29, 1.82) is 0 Å². The first-order valence-corrected chi connectivity index (χ1v) is 6.54. The highest BCUT2D eigenvalue weighted by molar-refractivity contribution is 5.81. The van der Waals surface area contributed by atoms with Crippen molar-refractivity contribution in [2.75, 3.05) is 7.11 Å². The summed E-state index contributed by atoms with van der Waals surface area (Å²) in [5.41, 5.74) is 1.67. The van der Waals surface area contributed by atoms with E-state index in [1.807, 2.05) is 31.5 Å². The molecule has 0 aromatic carbocycles. The standard InChI is InChI=1S/C14H24N2O2/c1-6-11-8-12(16(7-2)15-11)9-13(17)10-14(3,4)18-5/h8H,6-7,9-10H2,1-5H3. The Kier molecular flexibility index (Phi) is 5.08. The van der Waals surface area contributed by atoms with E-state index in [1.165, 1.54) is 0 Å². The molecule has 0 aliphatic carbocycles. The van der Waals surface area contributed by atoms with Crippen molar-refractivity contribution < 1.29 is 9.53 Å². The summed E-state index contributed by atoms with van der Waals surface area (Å²) in [7, 11) is 1.64. The summed E-state index contributed by atoms with van der Waals surface area (Å²) in [6, 6.07) is 2.03. The van der Waals surface area contributed by atoms with Gasteiger partial charge in [-0.05, 0) is 33.3 Å². The van der Waals surface area contributed by atoms with E-state index in [2.05, 4.69) is 12.0 Å². The Hall–Kier alpha value is -1.16. The Morgan fingerprint density at radius 3 is 2.61 bits per heavy atom. The molecule has 4 heteroatoms. The van der Waals surface area contributed by atoms with Gasteiger partial charge in [0.15, 0.2) is 0 Å². The predicted octanol–water partition coefficient (Wildman–Crippen LogP) is 2.39. The topological polar surface area (TPSA) is 44.1 Å². The Balaban J connectivity index is 2.72. The first-order chi connectivity index (χ1) is 8.41. The lowest BCUT2D eigenvalue weighted by Crippen LogP contribution is -2.27. The maximum Gasteiger partial charge on any atom is 0.141 e. The van der Waals surface area contributed by atoms with Crippen LogP contribution in [0, 0.1) is 0 Å². The Bertz CT molecular complexity index is 408. The zero-order valence-electron chi connectivity index (χ0n) is 12.1. The average Bonchev–Trinajstić information content (AvgIpc) is 2.70. The van der Waals surface area contributed by atoms with Crippen LogP contribution in [0.5, 0.6) is 0 Å². The van der Waals surface area contributed by atoms with Crippen LogP contribution in [-0.4, -0.2) is 28.3 Å². The van der Waals surface area contributed by atoms with E-state index in [9.17, 15) is 4.79 Å². The average molecular weight is 252 g/mol. The highest BCUT2D eigenvalue weighted by Gasteiger charge is 2.22. The molecule has 0 saturated heterocycles. The number of aromatic nitrogens is 2. The highest BCUT2D eigenvalue weighted by atomic mass is 16.5. The van der Waals surface area contributed by atoms with Gasteiger partial charge in [0, 0.05) is 32.2 Å². The van der Waals surface area contributed by atoms with E-state index in [0.717, 1.165) is 24.4 Å². The minimum Gasteiger partial charge on any atom is -0.378 e. The van der Waals surface area contributed by atoms with Crippen LogP contribution in [0.1, 0.15) is 45.5 Å². The van der Waals surface area contributed by atoms with Gasteiger partial charge in [0.1, 0.15) is 5.78 Å². The summed E-state index contributed by atoms with van der Waals surface area (Å²) >= 11 is 0. The number of Topliss-reactive ketones (excluding diaryl/α,β-unsaturated/α-hetero) is 1. The van der Waals surface area contributed by atoms with Crippen LogP contribution in [-0.2, 0) is 28.9 Å². The number of carbonyl (C=O) groups is 1. The lowest BCUT2D eigenvalue weighted by Gasteiger charge is -2.21. The van der Waals surface area contributed by atoms with Crippen molar-refractivity contribution >= 4 is 5.78 Å². The molecule has 1 heterocycles. The first kappa shape index (κ1) is 14.9. The third-order valence-corrected chi connectivity index (χ3v) is 3.13. The summed E-state index contributed by atoms with van der Waals surface area (Å²) in [6.45, 7) is 8.77. The van der Waals surface area contributed by atoms with E-state index in [4.69, 9.17) is 4.74 Å². The van der Waals surface area contributed by atoms with Crippen LogP contribution < -0.4 is 0 Å². The number of hydrogen-bond donors (Lipinski definition) is 0. The van der Waals surface area contributed by atoms with Gasteiger partial charge < -0.3 is 4.74 Å². The fourth-order valence-electron chi connectivity index (χ4n) is 1.92. The van der Waals surface area contributed by atoms with Crippen LogP contribution >= 0.6 is 0 Å². The Morgan fingerprint density at radius 1 is 1.44 bits per heavy atom. The van der Waals surface area contributed by atoms with E-state index in [1.54, 1.807) is 7.11 Å². The van der Waals surface area contributed by atoms with E-state index < -0.39 is 0 Å². The third-order valence-electron chi connectivity index (χ3n) is 3.13. The van der Waals surface area contributed by atoms with Crippen molar-refractivity contribution in [2.24, 2.45) is 0 Å². The molecular weight excluding hydrogens is 228 g/mol. The first-order valence-electron chi connectivity index (χ1n) is 6.54. The van der Waals surface area contributed by atoms with Crippen LogP contribution in [0.2, 0.25) is 0 Å². The van der Waals surface area contributed by atoms with Gasteiger partial charge in [0.2, 0.25) is 0 Å². The number of ketones is 1. The molecule has 1 aromatic rings. The van der Waals surface area contributed by atoms with E-state index in [-0.39, 0.29) is 11.4 Å². The normalized spacial score (nSPS) is 11.8. The molecule has 1 rings (SSSR count). The fourth-order valence-corrected chi connectivity index (χ4v) is 1.92. The molecule has 1 aromatic heterocycles. The minimum absolute atomic E-state index is 0.194.